The maximum absolute atomic E-state index is 12.4. The summed E-state index contributed by atoms with van der Waals surface area (Å²) in [5.41, 5.74) is 0.124. The maximum Gasteiger partial charge on any atom is 0.416 e. The zero-order valence-corrected chi connectivity index (χ0v) is 11.6. The topological polar surface area (TPSA) is 32.6 Å². The van der Waals surface area contributed by atoms with Crippen LogP contribution in [0.1, 0.15) is 11.1 Å². The molecule has 0 bridgehead atoms. The van der Waals surface area contributed by atoms with E-state index in [0.29, 0.717) is 11.3 Å². The summed E-state index contributed by atoms with van der Waals surface area (Å²) in [7, 11) is 0. The van der Waals surface area contributed by atoms with E-state index in [1.165, 1.54) is 24.4 Å². The lowest BCUT2D eigenvalue weighted by Gasteiger charge is -2.05. The van der Waals surface area contributed by atoms with Crippen molar-refractivity contribution in [2.24, 2.45) is 4.99 Å². The highest BCUT2D eigenvalue weighted by Gasteiger charge is 2.29. The standard InChI is InChI=1S/C14H9BrF3NO/c15-11-3-6-13(20)9(7-11)8-19-12-4-1-10(2-5-12)14(16,17)18/h1-8,20H. The molecule has 2 nitrogen and oxygen atoms in total. The zero-order chi connectivity index (χ0) is 14.8. The third-order valence-corrected chi connectivity index (χ3v) is 3.03. The molecule has 0 aliphatic heterocycles. The second-order valence-corrected chi connectivity index (χ2v) is 4.92. The molecule has 2 aromatic rings. The van der Waals surface area contributed by atoms with E-state index in [1.807, 2.05) is 0 Å². The van der Waals surface area contributed by atoms with Crippen LogP contribution in [0.4, 0.5) is 18.9 Å². The Morgan fingerprint density at radius 3 is 2.30 bits per heavy atom. The molecule has 0 amide bonds. The fourth-order valence-electron chi connectivity index (χ4n) is 1.51. The van der Waals surface area contributed by atoms with Crippen LogP contribution in [-0.4, -0.2) is 11.3 Å². The van der Waals surface area contributed by atoms with Crippen molar-refractivity contribution >= 4 is 27.8 Å². The average Bonchev–Trinajstić information content (AvgIpc) is 2.39. The molecule has 0 spiro atoms. The number of rotatable bonds is 2. The number of phenols is 1. The first-order valence-corrected chi connectivity index (χ1v) is 6.35. The normalized spacial score (nSPS) is 12.0. The quantitative estimate of drug-likeness (QED) is 0.771. The van der Waals surface area contributed by atoms with Gasteiger partial charge in [-0.1, -0.05) is 15.9 Å². The average molecular weight is 344 g/mol. The van der Waals surface area contributed by atoms with Gasteiger partial charge in [-0.15, -0.1) is 0 Å². The number of nitrogens with zero attached hydrogens (tertiary/aromatic N) is 1. The van der Waals surface area contributed by atoms with Gasteiger partial charge in [0, 0.05) is 16.3 Å². The van der Waals surface area contributed by atoms with Crippen LogP contribution in [0.25, 0.3) is 0 Å². The van der Waals surface area contributed by atoms with Crippen molar-refractivity contribution in [1.29, 1.82) is 0 Å². The van der Waals surface area contributed by atoms with Gasteiger partial charge in [0.25, 0.3) is 0 Å². The van der Waals surface area contributed by atoms with Crippen LogP contribution >= 0.6 is 15.9 Å². The van der Waals surface area contributed by atoms with Gasteiger partial charge in [0.1, 0.15) is 5.75 Å². The highest BCUT2D eigenvalue weighted by atomic mass is 79.9. The van der Waals surface area contributed by atoms with E-state index >= 15 is 0 Å². The van der Waals surface area contributed by atoms with Crippen molar-refractivity contribution in [3.05, 3.63) is 58.1 Å². The Labute approximate surface area is 121 Å². The third-order valence-electron chi connectivity index (χ3n) is 2.54. The van der Waals surface area contributed by atoms with Crippen LogP contribution in [0.3, 0.4) is 0 Å². The van der Waals surface area contributed by atoms with Crippen molar-refractivity contribution in [3.63, 3.8) is 0 Å². The van der Waals surface area contributed by atoms with Gasteiger partial charge >= 0.3 is 6.18 Å². The lowest BCUT2D eigenvalue weighted by Crippen LogP contribution is -2.03. The zero-order valence-electron chi connectivity index (χ0n) is 10.0. The number of alkyl halides is 3. The molecule has 0 aliphatic carbocycles. The summed E-state index contributed by atoms with van der Waals surface area (Å²) in [4.78, 5) is 4.03. The summed E-state index contributed by atoms with van der Waals surface area (Å²) in [6.07, 6.45) is -2.96. The molecule has 0 aliphatic rings. The first-order valence-electron chi connectivity index (χ1n) is 5.56. The van der Waals surface area contributed by atoms with Crippen LogP contribution in [0.2, 0.25) is 0 Å². The molecule has 1 N–H and O–H groups in total. The van der Waals surface area contributed by atoms with Gasteiger partial charge in [-0.05, 0) is 42.5 Å². The Morgan fingerprint density at radius 2 is 1.70 bits per heavy atom. The fraction of sp³-hybridized carbons (Fsp3) is 0.0714. The van der Waals surface area contributed by atoms with E-state index in [4.69, 9.17) is 0 Å². The summed E-state index contributed by atoms with van der Waals surface area (Å²) in [5, 5.41) is 9.60. The van der Waals surface area contributed by atoms with Crippen LogP contribution in [0.5, 0.6) is 5.75 Å². The van der Waals surface area contributed by atoms with E-state index in [-0.39, 0.29) is 5.75 Å². The van der Waals surface area contributed by atoms with E-state index in [9.17, 15) is 18.3 Å². The lowest BCUT2D eigenvalue weighted by molar-refractivity contribution is -0.137. The monoisotopic (exact) mass is 343 g/mol. The van der Waals surface area contributed by atoms with Crippen LogP contribution in [-0.2, 0) is 6.18 Å². The van der Waals surface area contributed by atoms with Crippen LogP contribution in [0, 0.1) is 0 Å². The number of benzene rings is 2. The van der Waals surface area contributed by atoms with Gasteiger partial charge in [0.2, 0.25) is 0 Å². The largest absolute Gasteiger partial charge is 0.507 e. The molecule has 0 atom stereocenters. The molecule has 104 valence electrons. The summed E-state index contributed by atoms with van der Waals surface area (Å²) in [6.45, 7) is 0. The van der Waals surface area contributed by atoms with Gasteiger partial charge in [0.05, 0.1) is 11.3 Å². The van der Waals surface area contributed by atoms with Crippen molar-refractivity contribution in [3.8, 4) is 5.75 Å². The molecular weight excluding hydrogens is 335 g/mol. The molecule has 20 heavy (non-hydrogen) atoms. The van der Waals surface area contributed by atoms with E-state index in [0.717, 1.165) is 16.6 Å². The summed E-state index contributed by atoms with van der Waals surface area (Å²) < 4.78 is 37.9. The van der Waals surface area contributed by atoms with E-state index in [1.54, 1.807) is 12.1 Å². The molecule has 0 aromatic heterocycles. The fourth-order valence-corrected chi connectivity index (χ4v) is 1.89. The van der Waals surface area contributed by atoms with Crippen LogP contribution in [0.15, 0.2) is 51.9 Å². The number of phenolic OH excluding ortho intramolecular Hbond substituents is 1. The Bertz CT molecular complexity index is 636. The highest BCUT2D eigenvalue weighted by Crippen LogP contribution is 2.30. The Kier molecular flexibility index (Phi) is 4.13. The number of hydrogen-bond acceptors (Lipinski definition) is 2. The Hall–Kier alpha value is -1.82. The lowest BCUT2D eigenvalue weighted by atomic mass is 10.2. The van der Waals surface area contributed by atoms with Gasteiger partial charge in [-0.2, -0.15) is 13.2 Å². The molecule has 0 fully saturated rings. The molecule has 0 heterocycles. The SMILES string of the molecule is Oc1ccc(Br)cc1C=Nc1ccc(C(F)(F)F)cc1. The smallest absolute Gasteiger partial charge is 0.416 e. The van der Waals surface area contributed by atoms with Crippen molar-refractivity contribution in [2.45, 2.75) is 6.18 Å². The minimum Gasteiger partial charge on any atom is -0.507 e. The minimum atomic E-state index is -4.36. The predicted octanol–water partition coefficient (Wildman–Crippen LogP) is 4.92. The maximum atomic E-state index is 12.4. The second kappa shape index (κ2) is 5.66. The predicted molar refractivity (Wildman–Crippen MR) is 74.5 cm³/mol. The molecule has 0 unspecified atom stereocenters. The number of halogens is 4. The molecule has 0 saturated carbocycles. The Balaban J connectivity index is 2.21. The van der Waals surface area contributed by atoms with Crippen LogP contribution < -0.4 is 0 Å². The number of hydrogen-bond donors (Lipinski definition) is 1. The molecule has 2 aromatic carbocycles. The van der Waals surface area contributed by atoms with Crippen molar-refractivity contribution in [2.75, 3.05) is 0 Å². The van der Waals surface area contributed by atoms with Gasteiger partial charge in [-0.3, -0.25) is 4.99 Å². The number of aliphatic imine (C=N–C) groups is 1. The minimum absolute atomic E-state index is 0.0452. The summed E-state index contributed by atoms with van der Waals surface area (Å²) in [5.74, 6) is 0.0452. The molecule has 6 heteroatoms. The third kappa shape index (κ3) is 3.60. The molecular formula is C14H9BrF3NO. The van der Waals surface area contributed by atoms with Crippen molar-refractivity contribution in [1.82, 2.24) is 0 Å². The molecule has 0 radical (unpaired) electrons. The first kappa shape index (κ1) is 14.6. The summed E-state index contributed by atoms with van der Waals surface area (Å²) >= 11 is 3.26. The second-order valence-electron chi connectivity index (χ2n) is 4.01. The number of aromatic hydroxyl groups is 1. The highest BCUT2D eigenvalue weighted by molar-refractivity contribution is 9.10. The summed E-state index contributed by atoms with van der Waals surface area (Å²) in [6, 6.07) is 9.30. The molecule has 0 saturated heterocycles. The Morgan fingerprint density at radius 1 is 1.05 bits per heavy atom. The van der Waals surface area contributed by atoms with Gasteiger partial charge in [0.15, 0.2) is 0 Å². The van der Waals surface area contributed by atoms with Gasteiger partial charge in [-0.25, -0.2) is 0 Å². The van der Waals surface area contributed by atoms with Gasteiger partial charge < -0.3 is 5.11 Å². The first-order chi connectivity index (χ1) is 9.36. The van der Waals surface area contributed by atoms with E-state index in [2.05, 4.69) is 20.9 Å². The van der Waals surface area contributed by atoms with Crippen molar-refractivity contribution < 1.29 is 18.3 Å². The van der Waals surface area contributed by atoms with E-state index < -0.39 is 11.7 Å². The molecule has 2 rings (SSSR count).